The maximum Gasteiger partial charge on any atom is 0.00541 e. The highest BCUT2D eigenvalue weighted by atomic mass is 15.2. The van der Waals surface area contributed by atoms with Gasteiger partial charge in [0, 0.05) is 19.1 Å². The van der Waals surface area contributed by atoms with E-state index in [4.69, 9.17) is 0 Å². The van der Waals surface area contributed by atoms with E-state index in [1.807, 2.05) is 13.8 Å². The monoisotopic (exact) mass is 212 g/mol. The molecule has 2 heterocycles. The Morgan fingerprint density at radius 3 is 1.87 bits per heavy atom. The highest BCUT2D eigenvalue weighted by Crippen LogP contribution is 2.40. The van der Waals surface area contributed by atoms with E-state index in [1.165, 1.54) is 39.0 Å². The molecule has 2 rings (SSSR count). The highest BCUT2D eigenvalue weighted by molar-refractivity contribution is 4.98. The summed E-state index contributed by atoms with van der Waals surface area (Å²) in [7, 11) is 2.24. The van der Waals surface area contributed by atoms with Gasteiger partial charge in [-0.05, 0) is 52.2 Å². The second-order valence-corrected chi connectivity index (χ2v) is 5.30. The van der Waals surface area contributed by atoms with E-state index in [0.717, 1.165) is 11.5 Å². The lowest BCUT2D eigenvalue weighted by molar-refractivity contribution is -0.0586. The molecule has 0 aromatic carbocycles. The van der Waals surface area contributed by atoms with Gasteiger partial charge in [0.2, 0.25) is 0 Å². The fraction of sp³-hybridized carbons (Fsp3) is 1.00. The number of likely N-dealkylation sites (tertiary alicyclic amines) is 2. The van der Waals surface area contributed by atoms with Crippen molar-refractivity contribution in [2.45, 2.75) is 46.6 Å². The van der Waals surface area contributed by atoms with Crippen LogP contribution in [0.15, 0.2) is 0 Å². The normalized spacial score (nSPS) is 26.0. The molecule has 0 aromatic heterocycles. The third kappa shape index (κ3) is 2.94. The van der Waals surface area contributed by atoms with Crippen molar-refractivity contribution in [2.24, 2.45) is 5.41 Å². The topological polar surface area (TPSA) is 6.48 Å². The largest absolute Gasteiger partial charge is 0.306 e. The van der Waals surface area contributed by atoms with Gasteiger partial charge in [-0.2, -0.15) is 0 Å². The van der Waals surface area contributed by atoms with Gasteiger partial charge in [0.05, 0.1) is 0 Å². The minimum absolute atomic E-state index is 0.719. The molecule has 2 aliphatic heterocycles. The van der Waals surface area contributed by atoms with Crippen molar-refractivity contribution in [3.8, 4) is 0 Å². The van der Waals surface area contributed by atoms with Crippen LogP contribution in [0.3, 0.4) is 0 Å². The lowest BCUT2D eigenvalue weighted by Gasteiger charge is -2.55. The van der Waals surface area contributed by atoms with Crippen molar-refractivity contribution in [2.75, 3.05) is 33.2 Å². The number of rotatable bonds is 1. The summed E-state index contributed by atoms with van der Waals surface area (Å²) < 4.78 is 0. The van der Waals surface area contributed by atoms with Crippen molar-refractivity contribution in [3.05, 3.63) is 0 Å². The molecule has 0 atom stereocenters. The predicted molar refractivity (Wildman–Crippen MR) is 67.2 cm³/mol. The second-order valence-electron chi connectivity index (χ2n) is 5.30. The van der Waals surface area contributed by atoms with Crippen LogP contribution in [0.2, 0.25) is 0 Å². The summed E-state index contributed by atoms with van der Waals surface area (Å²) in [6, 6.07) is 0.755. The fourth-order valence-corrected chi connectivity index (χ4v) is 2.59. The van der Waals surface area contributed by atoms with Gasteiger partial charge >= 0.3 is 0 Å². The molecular weight excluding hydrogens is 184 g/mol. The fourth-order valence-electron chi connectivity index (χ4n) is 2.59. The van der Waals surface area contributed by atoms with Gasteiger partial charge in [-0.1, -0.05) is 13.8 Å². The average Bonchev–Trinajstić information content (AvgIpc) is 2.19. The maximum atomic E-state index is 2.60. The van der Waals surface area contributed by atoms with Crippen LogP contribution >= 0.6 is 0 Å². The summed E-state index contributed by atoms with van der Waals surface area (Å²) in [5, 5.41) is 0. The molecule has 90 valence electrons. The van der Waals surface area contributed by atoms with Crippen LogP contribution in [-0.4, -0.2) is 49.1 Å². The van der Waals surface area contributed by atoms with Gasteiger partial charge in [0.15, 0.2) is 0 Å². The minimum atomic E-state index is 0.719. The van der Waals surface area contributed by atoms with Crippen LogP contribution in [0.1, 0.15) is 40.5 Å². The summed E-state index contributed by atoms with van der Waals surface area (Å²) in [6.45, 7) is 14.0. The SMILES string of the molecule is CC.CC(C)N1CC2(CCN(C)CC2)C1. The molecule has 0 bridgehead atoms. The zero-order valence-corrected chi connectivity index (χ0v) is 11.2. The van der Waals surface area contributed by atoms with E-state index in [-0.39, 0.29) is 0 Å². The summed E-state index contributed by atoms with van der Waals surface area (Å²) in [5.41, 5.74) is 0.719. The lowest BCUT2D eigenvalue weighted by atomic mass is 9.71. The summed E-state index contributed by atoms with van der Waals surface area (Å²) in [4.78, 5) is 5.06. The molecule has 0 N–H and O–H groups in total. The Morgan fingerprint density at radius 2 is 1.47 bits per heavy atom. The molecule has 0 aromatic rings. The zero-order chi connectivity index (χ0) is 11.5. The second kappa shape index (κ2) is 5.31. The molecule has 1 spiro atoms. The van der Waals surface area contributed by atoms with Gasteiger partial charge in [0.25, 0.3) is 0 Å². The molecule has 0 radical (unpaired) electrons. The molecule has 0 unspecified atom stereocenters. The van der Waals surface area contributed by atoms with Gasteiger partial charge in [-0.15, -0.1) is 0 Å². The highest BCUT2D eigenvalue weighted by Gasteiger charge is 2.44. The van der Waals surface area contributed by atoms with Crippen LogP contribution in [0, 0.1) is 5.41 Å². The summed E-state index contributed by atoms with van der Waals surface area (Å²) in [5.74, 6) is 0. The first-order valence-corrected chi connectivity index (χ1v) is 6.54. The molecule has 2 aliphatic rings. The number of piperidine rings is 1. The first-order valence-electron chi connectivity index (χ1n) is 6.54. The Kier molecular flexibility index (Phi) is 4.60. The number of hydrogen-bond donors (Lipinski definition) is 0. The first kappa shape index (κ1) is 13.0. The maximum absolute atomic E-state index is 2.60. The van der Waals surface area contributed by atoms with E-state index in [2.05, 4.69) is 30.7 Å². The van der Waals surface area contributed by atoms with Crippen molar-refractivity contribution < 1.29 is 0 Å². The average molecular weight is 212 g/mol. The molecule has 2 fully saturated rings. The smallest absolute Gasteiger partial charge is 0.00541 e. The Bertz CT molecular complexity index is 173. The van der Waals surface area contributed by atoms with Crippen molar-refractivity contribution in [3.63, 3.8) is 0 Å². The van der Waals surface area contributed by atoms with E-state index >= 15 is 0 Å². The Morgan fingerprint density at radius 1 is 1.00 bits per heavy atom. The van der Waals surface area contributed by atoms with Gasteiger partial charge in [-0.3, -0.25) is 4.90 Å². The molecule has 2 nitrogen and oxygen atoms in total. The van der Waals surface area contributed by atoms with E-state index in [9.17, 15) is 0 Å². The van der Waals surface area contributed by atoms with Crippen molar-refractivity contribution in [1.29, 1.82) is 0 Å². The quantitative estimate of drug-likeness (QED) is 0.659. The first-order chi connectivity index (χ1) is 7.11. The standard InChI is InChI=1S/C11H22N2.C2H6/c1-10(2)13-8-11(9-13)4-6-12(3)7-5-11;1-2/h10H,4-9H2,1-3H3;1-2H3. The van der Waals surface area contributed by atoms with Crippen LogP contribution < -0.4 is 0 Å². The number of nitrogens with zero attached hydrogens (tertiary/aromatic N) is 2. The summed E-state index contributed by atoms with van der Waals surface area (Å²) >= 11 is 0. The van der Waals surface area contributed by atoms with Crippen LogP contribution in [0.25, 0.3) is 0 Å². The Balaban J connectivity index is 0.000000531. The molecule has 0 aliphatic carbocycles. The van der Waals surface area contributed by atoms with Crippen molar-refractivity contribution in [1.82, 2.24) is 9.80 Å². The lowest BCUT2D eigenvalue weighted by Crippen LogP contribution is -2.61. The van der Waals surface area contributed by atoms with Crippen LogP contribution in [-0.2, 0) is 0 Å². The molecule has 2 heteroatoms. The zero-order valence-electron chi connectivity index (χ0n) is 11.2. The molecule has 15 heavy (non-hydrogen) atoms. The predicted octanol–water partition coefficient (Wildman–Crippen LogP) is 2.45. The Labute approximate surface area is 95.6 Å². The minimum Gasteiger partial charge on any atom is -0.306 e. The van der Waals surface area contributed by atoms with E-state index in [0.29, 0.717) is 0 Å². The van der Waals surface area contributed by atoms with Crippen molar-refractivity contribution >= 4 is 0 Å². The van der Waals surface area contributed by atoms with Gasteiger partial charge in [0.1, 0.15) is 0 Å². The number of hydrogen-bond acceptors (Lipinski definition) is 2. The molecule has 0 saturated carbocycles. The van der Waals surface area contributed by atoms with Crippen LogP contribution in [0.5, 0.6) is 0 Å². The van der Waals surface area contributed by atoms with E-state index in [1.54, 1.807) is 0 Å². The van der Waals surface area contributed by atoms with Crippen LogP contribution in [0.4, 0.5) is 0 Å². The third-order valence-corrected chi connectivity index (χ3v) is 3.86. The van der Waals surface area contributed by atoms with Gasteiger partial charge < -0.3 is 4.90 Å². The molecule has 0 amide bonds. The van der Waals surface area contributed by atoms with Gasteiger partial charge in [-0.25, -0.2) is 0 Å². The van der Waals surface area contributed by atoms with E-state index < -0.39 is 0 Å². The third-order valence-electron chi connectivity index (χ3n) is 3.86. The molecular formula is C13H28N2. The Hall–Kier alpha value is -0.0800. The molecule has 2 saturated heterocycles. The summed E-state index contributed by atoms with van der Waals surface area (Å²) in [6.07, 6.45) is 2.85.